The molecule has 1 N–H and O–H groups in total. The standard InChI is InChI=1S/C22H26Cl2N2O4S/c1-2-13-31(28,29)18-6-3-16(4-7-18)21(15-26-9-11-30-12-10-26)25-22(27)19-8-5-17(23)14-20(19)24/h3-8,14,21H,2,9-13,15H2,1H3,(H,25,27). The van der Waals surface area contributed by atoms with Crippen molar-refractivity contribution in [2.45, 2.75) is 24.3 Å². The predicted molar refractivity (Wildman–Crippen MR) is 123 cm³/mol. The Kier molecular flexibility index (Phi) is 8.36. The lowest BCUT2D eigenvalue weighted by Crippen LogP contribution is -2.43. The van der Waals surface area contributed by atoms with Crippen LogP contribution in [0.25, 0.3) is 0 Å². The number of halogens is 2. The number of benzene rings is 2. The smallest absolute Gasteiger partial charge is 0.253 e. The van der Waals surface area contributed by atoms with E-state index in [1.165, 1.54) is 6.07 Å². The first-order valence-electron chi connectivity index (χ1n) is 10.2. The molecule has 0 aromatic heterocycles. The molecule has 1 saturated heterocycles. The zero-order valence-electron chi connectivity index (χ0n) is 17.3. The first-order valence-corrected chi connectivity index (χ1v) is 12.6. The SMILES string of the molecule is CCCS(=O)(=O)c1ccc(C(CN2CCOCC2)NC(=O)c2ccc(Cl)cc2Cl)cc1. The summed E-state index contributed by atoms with van der Waals surface area (Å²) in [4.78, 5) is 15.4. The maximum absolute atomic E-state index is 12.9. The van der Waals surface area contributed by atoms with Crippen LogP contribution in [0.3, 0.4) is 0 Å². The lowest BCUT2D eigenvalue weighted by Gasteiger charge is -2.31. The van der Waals surface area contributed by atoms with E-state index in [-0.39, 0.29) is 27.6 Å². The fourth-order valence-corrected chi connectivity index (χ4v) is 5.30. The van der Waals surface area contributed by atoms with Gasteiger partial charge < -0.3 is 10.1 Å². The quantitative estimate of drug-likeness (QED) is 0.612. The van der Waals surface area contributed by atoms with Crippen molar-refractivity contribution in [2.24, 2.45) is 0 Å². The number of sulfone groups is 1. The third-order valence-corrected chi connectivity index (χ3v) is 7.62. The van der Waals surface area contributed by atoms with Crippen molar-refractivity contribution >= 4 is 38.9 Å². The third-order valence-electron chi connectivity index (χ3n) is 5.14. The lowest BCUT2D eigenvalue weighted by molar-refractivity contribution is 0.0332. The molecule has 0 radical (unpaired) electrons. The number of nitrogens with zero attached hydrogens (tertiary/aromatic N) is 1. The molecule has 9 heteroatoms. The summed E-state index contributed by atoms with van der Waals surface area (Å²) in [5, 5.41) is 3.77. The van der Waals surface area contributed by atoms with E-state index >= 15 is 0 Å². The van der Waals surface area contributed by atoms with Gasteiger partial charge in [-0.2, -0.15) is 0 Å². The van der Waals surface area contributed by atoms with Crippen LogP contribution < -0.4 is 5.32 Å². The summed E-state index contributed by atoms with van der Waals surface area (Å²) in [7, 11) is -3.30. The van der Waals surface area contributed by atoms with Crippen LogP contribution in [0.15, 0.2) is 47.4 Å². The maximum atomic E-state index is 12.9. The van der Waals surface area contributed by atoms with Gasteiger partial charge in [-0.15, -0.1) is 0 Å². The number of carbonyl (C=O) groups is 1. The molecule has 168 valence electrons. The molecule has 1 fully saturated rings. The molecule has 1 aliphatic heterocycles. The molecule has 0 saturated carbocycles. The maximum Gasteiger partial charge on any atom is 0.253 e. The van der Waals surface area contributed by atoms with Crippen LogP contribution in [-0.4, -0.2) is 57.8 Å². The van der Waals surface area contributed by atoms with Crippen LogP contribution in [0.1, 0.15) is 35.3 Å². The van der Waals surface area contributed by atoms with Gasteiger partial charge in [0.25, 0.3) is 5.91 Å². The lowest BCUT2D eigenvalue weighted by atomic mass is 10.1. The number of morpholine rings is 1. The van der Waals surface area contributed by atoms with E-state index in [0.717, 1.165) is 18.7 Å². The average Bonchev–Trinajstić information content (AvgIpc) is 2.74. The van der Waals surface area contributed by atoms with Crippen molar-refractivity contribution in [1.82, 2.24) is 10.2 Å². The normalized spacial score (nSPS) is 16.1. The van der Waals surface area contributed by atoms with Gasteiger partial charge in [-0.05, 0) is 42.3 Å². The van der Waals surface area contributed by atoms with Gasteiger partial charge in [0.05, 0.1) is 40.5 Å². The number of rotatable bonds is 8. The molecule has 0 spiro atoms. The Morgan fingerprint density at radius 3 is 2.42 bits per heavy atom. The number of nitrogens with one attached hydrogen (secondary N) is 1. The van der Waals surface area contributed by atoms with Crippen LogP contribution >= 0.6 is 23.2 Å². The first-order chi connectivity index (χ1) is 14.8. The Bertz CT molecular complexity index is 1010. The molecule has 1 aliphatic rings. The Morgan fingerprint density at radius 1 is 1.13 bits per heavy atom. The molecular weight excluding hydrogens is 459 g/mol. The average molecular weight is 485 g/mol. The number of hydrogen-bond acceptors (Lipinski definition) is 5. The Labute approximate surface area is 193 Å². The molecular formula is C22H26Cl2N2O4S. The van der Waals surface area contributed by atoms with Crippen molar-refractivity contribution < 1.29 is 17.9 Å². The second-order valence-electron chi connectivity index (χ2n) is 7.45. The van der Waals surface area contributed by atoms with Crippen molar-refractivity contribution in [3.05, 3.63) is 63.6 Å². The largest absolute Gasteiger partial charge is 0.379 e. The molecule has 0 aliphatic carbocycles. The molecule has 3 rings (SSSR count). The fraction of sp³-hybridized carbons (Fsp3) is 0.409. The molecule has 1 atom stereocenters. The van der Waals surface area contributed by atoms with E-state index in [1.54, 1.807) is 36.4 Å². The van der Waals surface area contributed by atoms with E-state index in [9.17, 15) is 13.2 Å². The minimum Gasteiger partial charge on any atom is -0.379 e. The van der Waals surface area contributed by atoms with Crippen molar-refractivity contribution in [3.63, 3.8) is 0 Å². The zero-order valence-corrected chi connectivity index (χ0v) is 19.6. The van der Waals surface area contributed by atoms with E-state index in [0.29, 0.717) is 36.8 Å². The van der Waals surface area contributed by atoms with Gasteiger partial charge in [-0.1, -0.05) is 42.3 Å². The van der Waals surface area contributed by atoms with Gasteiger partial charge in [0.2, 0.25) is 0 Å². The topological polar surface area (TPSA) is 75.7 Å². The second kappa shape index (κ2) is 10.8. The predicted octanol–water partition coefficient (Wildman–Crippen LogP) is 3.98. The molecule has 2 aromatic rings. The summed E-state index contributed by atoms with van der Waals surface area (Å²) < 4.78 is 30.1. The van der Waals surface area contributed by atoms with Gasteiger partial charge in [-0.25, -0.2) is 8.42 Å². The molecule has 0 bridgehead atoms. The number of amides is 1. The van der Waals surface area contributed by atoms with E-state index in [4.69, 9.17) is 27.9 Å². The molecule has 31 heavy (non-hydrogen) atoms. The van der Waals surface area contributed by atoms with Crippen molar-refractivity contribution in [2.75, 3.05) is 38.6 Å². The highest BCUT2D eigenvalue weighted by Crippen LogP contribution is 2.24. The highest BCUT2D eigenvalue weighted by Gasteiger charge is 2.23. The molecule has 1 heterocycles. The first kappa shape index (κ1) is 24.0. The zero-order chi connectivity index (χ0) is 22.4. The number of ether oxygens (including phenoxy) is 1. The molecule has 6 nitrogen and oxygen atoms in total. The van der Waals surface area contributed by atoms with Crippen molar-refractivity contribution in [3.8, 4) is 0 Å². The third kappa shape index (κ3) is 6.43. The summed E-state index contributed by atoms with van der Waals surface area (Å²) in [6.45, 7) is 5.20. The van der Waals surface area contributed by atoms with Crippen LogP contribution in [0.4, 0.5) is 0 Å². The van der Waals surface area contributed by atoms with Gasteiger partial charge in [-0.3, -0.25) is 9.69 Å². The molecule has 1 amide bonds. The summed E-state index contributed by atoms with van der Waals surface area (Å²) in [6, 6.07) is 11.1. The molecule has 2 aromatic carbocycles. The van der Waals surface area contributed by atoms with E-state index < -0.39 is 9.84 Å². The Hall–Kier alpha value is -1.64. The van der Waals surface area contributed by atoms with Crippen LogP contribution in [0.2, 0.25) is 10.0 Å². The Balaban J connectivity index is 1.84. The fourth-order valence-electron chi connectivity index (χ4n) is 3.48. The number of carbonyl (C=O) groups excluding carboxylic acids is 1. The van der Waals surface area contributed by atoms with Gasteiger partial charge >= 0.3 is 0 Å². The summed E-state index contributed by atoms with van der Waals surface area (Å²) >= 11 is 12.1. The summed E-state index contributed by atoms with van der Waals surface area (Å²) in [5.41, 5.74) is 1.15. The van der Waals surface area contributed by atoms with Gasteiger partial charge in [0, 0.05) is 24.7 Å². The van der Waals surface area contributed by atoms with Crippen LogP contribution in [0.5, 0.6) is 0 Å². The van der Waals surface area contributed by atoms with Gasteiger partial charge in [0.15, 0.2) is 9.84 Å². The van der Waals surface area contributed by atoms with E-state index in [1.807, 2.05) is 6.92 Å². The van der Waals surface area contributed by atoms with Crippen LogP contribution in [-0.2, 0) is 14.6 Å². The van der Waals surface area contributed by atoms with Gasteiger partial charge in [0.1, 0.15) is 0 Å². The monoisotopic (exact) mass is 484 g/mol. The minimum absolute atomic E-state index is 0.107. The highest BCUT2D eigenvalue weighted by molar-refractivity contribution is 7.91. The second-order valence-corrected chi connectivity index (χ2v) is 10.4. The van der Waals surface area contributed by atoms with Crippen LogP contribution in [0, 0.1) is 0 Å². The number of hydrogen-bond donors (Lipinski definition) is 1. The summed E-state index contributed by atoms with van der Waals surface area (Å²) in [5.74, 6) is -0.211. The summed E-state index contributed by atoms with van der Waals surface area (Å²) in [6.07, 6.45) is 0.557. The van der Waals surface area contributed by atoms with E-state index in [2.05, 4.69) is 10.2 Å². The Morgan fingerprint density at radius 2 is 1.81 bits per heavy atom. The molecule has 1 unspecified atom stereocenters. The minimum atomic E-state index is -3.30. The highest BCUT2D eigenvalue weighted by atomic mass is 35.5. The van der Waals surface area contributed by atoms with Crippen molar-refractivity contribution in [1.29, 1.82) is 0 Å².